The number of amides is 2. The number of hydrogen-bond donors (Lipinski definition) is 3. The molecule has 0 aromatic rings. The lowest BCUT2D eigenvalue weighted by atomic mass is 10.2. The summed E-state index contributed by atoms with van der Waals surface area (Å²) in [5.41, 5.74) is 0.201. The van der Waals surface area contributed by atoms with Crippen LogP contribution in [0.4, 0.5) is 4.79 Å². The summed E-state index contributed by atoms with van der Waals surface area (Å²) in [6.45, 7) is 12.1. The van der Waals surface area contributed by atoms with Crippen LogP contribution in [-0.2, 0) is 4.74 Å². The number of carbonyl (C=O) groups excluding carboxylic acids is 1. The van der Waals surface area contributed by atoms with E-state index in [1.54, 1.807) is 10.8 Å². The summed E-state index contributed by atoms with van der Waals surface area (Å²) in [7, 11) is 3.61. The molecule has 1 unspecified atom stereocenters. The van der Waals surface area contributed by atoms with E-state index in [9.17, 15) is 4.79 Å². The lowest BCUT2D eigenvalue weighted by Crippen LogP contribution is -2.36. The maximum atomic E-state index is 11.5. The highest BCUT2D eigenvalue weighted by atomic mass is 33.1. The third-order valence-electron chi connectivity index (χ3n) is 2.75. The Balaban J connectivity index is 3.37. The van der Waals surface area contributed by atoms with E-state index in [0.29, 0.717) is 19.0 Å². The molecular formula is C17H33N3O2S2. The summed E-state index contributed by atoms with van der Waals surface area (Å²) < 4.78 is 5.73. The summed E-state index contributed by atoms with van der Waals surface area (Å²) in [5.74, 6) is 7.35. The highest BCUT2D eigenvalue weighted by Crippen LogP contribution is 2.26. The summed E-state index contributed by atoms with van der Waals surface area (Å²) in [6.07, 6.45) is 1.86. The summed E-state index contributed by atoms with van der Waals surface area (Å²) >= 11 is 0. The van der Waals surface area contributed by atoms with Crippen LogP contribution in [0.5, 0.6) is 0 Å². The predicted octanol–water partition coefficient (Wildman–Crippen LogP) is 3.08. The molecule has 0 rings (SSSR count). The van der Waals surface area contributed by atoms with Gasteiger partial charge in [-0.1, -0.05) is 54.2 Å². The van der Waals surface area contributed by atoms with Crippen molar-refractivity contribution in [3.63, 3.8) is 0 Å². The van der Waals surface area contributed by atoms with E-state index in [0.717, 1.165) is 38.3 Å². The molecule has 0 fully saturated rings. The van der Waals surface area contributed by atoms with Crippen LogP contribution < -0.4 is 16.0 Å². The zero-order chi connectivity index (χ0) is 18.0. The average molecular weight is 376 g/mol. The molecule has 0 aliphatic carbocycles. The van der Waals surface area contributed by atoms with Gasteiger partial charge in [0.15, 0.2) is 0 Å². The Morgan fingerprint density at radius 1 is 1.17 bits per heavy atom. The van der Waals surface area contributed by atoms with Gasteiger partial charge < -0.3 is 20.7 Å². The smallest absolute Gasteiger partial charge is 0.315 e. The van der Waals surface area contributed by atoms with E-state index in [4.69, 9.17) is 4.74 Å². The molecule has 5 nitrogen and oxygen atoms in total. The number of nitrogens with one attached hydrogen (secondary N) is 3. The van der Waals surface area contributed by atoms with Gasteiger partial charge in [-0.15, -0.1) is 0 Å². The van der Waals surface area contributed by atoms with Crippen LogP contribution in [0, 0.1) is 17.8 Å². The Hall–Kier alpha value is -0.550. The lowest BCUT2D eigenvalue weighted by molar-refractivity contribution is 0.121. The van der Waals surface area contributed by atoms with E-state index in [1.165, 1.54) is 0 Å². The Bertz CT molecular complexity index is 371. The Kier molecular flexibility index (Phi) is 16.9. The van der Waals surface area contributed by atoms with Gasteiger partial charge in [0.1, 0.15) is 5.44 Å². The first kappa shape index (κ1) is 23.4. The predicted molar refractivity (Wildman–Crippen MR) is 107 cm³/mol. The summed E-state index contributed by atoms with van der Waals surface area (Å²) in [4.78, 5) is 11.5. The first-order valence-corrected chi connectivity index (χ1v) is 11.0. The minimum atomic E-state index is -0.157. The molecule has 3 N–H and O–H groups in total. The second kappa shape index (κ2) is 17.3. The average Bonchev–Trinajstić information content (AvgIpc) is 2.54. The molecular weight excluding hydrogens is 342 g/mol. The molecule has 0 aromatic heterocycles. The molecule has 0 aromatic carbocycles. The van der Waals surface area contributed by atoms with Gasteiger partial charge in [-0.2, -0.15) is 0 Å². The van der Waals surface area contributed by atoms with Gasteiger partial charge in [-0.3, -0.25) is 0 Å². The van der Waals surface area contributed by atoms with E-state index in [-0.39, 0.29) is 11.5 Å². The van der Waals surface area contributed by atoms with Crippen molar-refractivity contribution in [3.05, 3.63) is 0 Å². The molecule has 7 heteroatoms. The molecule has 140 valence electrons. The fourth-order valence-corrected chi connectivity index (χ4v) is 3.53. The van der Waals surface area contributed by atoms with E-state index < -0.39 is 0 Å². The third-order valence-corrected chi connectivity index (χ3v) is 5.39. The van der Waals surface area contributed by atoms with Gasteiger partial charge in [0.05, 0.1) is 6.54 Å². The molecule has 1 atom stereocenters. The minimum absolute atomic E-state index is 0.157. The highest BCUT2D eigenvalue weighted by molar-refractivity contribution is 8.76. The van der Waals surface area contributed by atoms with Crippen molar-refractivity contribution in [3.8, 4) is 11.8 Å². The SMILES string of the molecule is CCNCCSSC(C)OCCCCNC(=O)NCC#CC(C)C. The van der Waals surface area contributed by atoms with Gasteiger partial charge in [0, 0.05) is 31.4 Å². The van der Waals surface area contributed by atoms with E-state index in [2.05, 4.69) is 41.6 Å². The van der Waals surface area contributed by atoms with Crippen LogP contribution in [0.2, 0.25) is 0 Å². The number of carbonyl (C=O) groups is 1. The molecule has 0 bridgehead atoms. The van der Waals surface area contributed by atoms with Crippen LogP contribution >= 0.6 is 21.6 Å². The Morgan fingerprint density at radius 2 is 1.96 bits per heavy atom. The van der Waals surface area contributed by atoms with Crippen molar-refractivity contribution in [2.45, 2.75) is 46.0 Å². The largest absolute Gasteiger partial charge is 0.367 e. The third kappa shape index (κ3) is 17.8. The summed E-state index contributed by atoms with van der Waals surface area (Å²) in [6, 6.07) is -0.157. The molecule has 2 amide bonds. The minimum Gasteiger partial charge on any atom is -0.367 e. The van der Waals surface area contributed by atoms with Crippen LogP contribution in [-0.4, -0.2) is 50.0 Å². The zero-order valence-electron chi connectivity index (χ0n) is 15.4. The van der Waals surface area contributed by atoms with Gasteiger partial charge in [0.2, 0.25) is 0 Å². The quantitative estimate of drug-likeness (QED) is 0.200. The topological polar surface area (TPSA) is 62.4 Å². The van der Waals surface area contributed by atoms with Crippen molar-refractivity contribution in [2.24, 2.45) is 5.92 Å². The van der Waals surface area contributed by atoms with Crippen LogP contribution in [0.1, 0.15) is 40.5 Å². The van der Waals surface area contributed by atoms with E-state index >= 15 is 0 Å². The van der Waals surface area contributed by atoms with Crippen LogP contribution in [0.25, 0.3) is 0 Å². The van der Waals surface area contributed by atoms with Gasteiger partial charge >= 0.3 is 6.03 Å². The first-order valence-electron chi connectivity index (χ1n) is 8.67. The fourth-order valence-electron chi connectivity index (χ4n) is 1.58. The standard InChI is InChI=1S/C17H33N3O2S2/c1-5-18-12-14-23-24-16(4)22-13-7-6-10-19-17(21)20-11-8-9-15(2)3/h15-16,18H,5-7,10-14H2,1-4H3,(H2,19,20,21). The fraction of sp³-hybridized carbons (Fsp3) is 0.824. The van der Waals surface area contributed by atoms with Crippen LogP contribution in [0.15, 0.2) is 0 Å². The monoisotopic (exact) mass is 375 g/mol. The van der Waals surface area contributed by atoms with Crippen molar-refractivity contribution in [1.29, 1.82) is 0 Å². The first-order chi connectivity index (χ1) is 11.6. The van der Waals surface area contributed by atoms with Crippen molar-refractivity contribution >= 4 is 27.6 Å². The van der Waals surface area contributed by atoms with Gasteiger partial charge in [0.25, 0.3) is 0 Å². The molecule has 0 radical (unpaired) electrons. The van der Waals surface area contributed by atoms with E-state index in [1.807, 2.05) is 24.6 Å². The lowest BCUT2D eigenvalue weighted by Gasteiger charge is -2.12. The number of unbranched alkanes of at least 4 members (excludes halogenated alkanes) is 1. The second-order valence-electron chi connectivity index (χ2n) is 5.50. The van der Waals surface area contributed by atoms with Crippen LogP contribution in [0.3, 0.4) is 0 Å². The molecule has 0 heterocycles. The van der Waals surface area contributed by atoms with Crippen molar-refractivity contribution in [1.82, 2.24) is 16.0 Å². The highest BCUT2D eigenvalue weighted by Gasteiger charge is 2.03. The molecule has 24 heavy (non-hydrogen) atoms. The number of urea groups is 1. The van der Waals surface area contributed by atoms with Gasteiger partial charge in [-0.05, 0) is 26.3 Å². The number of hydrogen-bond acceptors (Lipinski definition) is 5. The maximum Gasteiger partial charge on any atom is 0.315 e. The molecule has 0 aliphatic heterocycles. The molecule has 0 saturated heterocycles. The second-order valence-corrected chi connectivity index (χ2v) is 8.29. The molecule has 0 saturated carbocycles. The number of ether oxygens (including phenoxy) is 1. The maximum absolute atomic E-state index is 11.5. The summed E-state index contributed by atoms with van der Waals surface area (Å²) in [5, 5.41) is 8.84. The van der Waals surface area contributed by atoms with Crippen molar-refractivity contribution < 1.29 is 9.53 Å². The zero-order valence-corrected chi connectivity index (χ0v) is 17.1. The molecule has 0 spiro atoms. The normalized spacial score (nSPS) is 11.7. The molecule has 0 aliphatic rings. The number of rotatable bonds is 13. The van der Waals surface area contributed by atoms with Crippen molar-refractivity contribution in [2.75, 3.05) is 38.5 Å². The Morgan fingerprint density at radius 3 is 2.67 bits per heavy atom. The van der Waals surface area contributed by atoms with Gasteiger partial charge in [-0.25, -0.2) is 4.79 Å². The Labute approximate surface area is 155 Å².